The van der Waals surface area contributed by atoms with E-state index in [-0.39, 0.29) is 0 Å². The van der Waals surface area contributed by atoms with E-state index in [4.69, 9.17) is 0 Å². The molecule has 0 aliphatic heterocycles. The Kier molecular flexibility index (Phi) is 5.17. The average molecular weight is 131 g/mol. The second kappa shape index (κ2) is 5.54. The summed E-state index contributed by atoms with van der Waals surface area (Å²) in [6.45, 7) is 4.73. The smallest absolute Gasteiger partial charge is 0.155 e. The first-order valence-corrected chi connectivity index (χ1v) is 3.22. The lowest BCUT2D eigenvalue weighted by Gasteiger charge is -2.00. The van der Waals surface area contributed by atoms with Crippen LogP contribution in [0.15, 0.2) is 5.34 Å². The fourth-order valence-electron chi connectivity index (χ4n) is 0.593. The molecule has 0 aromatic carbocycles. The number of hydrogen-bond donors (Lipinski definition) is 0. The molecule has 3 nitrogen and oxygen atoms in total. The van der Waals surface area contributed by atoms with Crippen LogP contribution in [0.2, 0.25) is 0 Å². The van der Waals surface area contributed by atoms with Crippen molar-refractivity contribution in [1.82, 2.24) is 0 Å². The van der Waals surface area contributed by atoms with Gasteiger partial charge in [-0.15, -0.1) is 4.91 Å². The first-order chi connectivity index (χ1) is 4.27. The molecule has 0 rings (SSSR count). The monoisotopic (exact) mass is 131 g/mol. The van der Waals surface area contributed by atoms with Crippen LogP contribution in [0.5, 0.6) is 0 Å². The van der Waals surface area contributed by atoms with E-state index >= 15 is 0 Å². The van der Waals surface area contributed by atoms with Crippen molar-refractivity contribution in [1.29, 1.82) is 0 Å². The molecule has 3 heteroatoms. The van der Waals surface area contributed by atoms with Gasteiger partial charge in [0.2, 0.25) is 0 Å². The largest absolute Gasteiger partial charge is 0.364 e. The minimum Gasteiger partial charge on any atom is -0.364 e. The molecule has 0 atom stereocenters. The topological polar surface area (TPSA) is 38.7 Å². The second-order valence-electron chi connectivity index (χ2n) is 2.44. The predicted molar refractivity (Wildman–Crippen MR) is 35.8 cm³/mol. The third kappa shape index (κ3) is 7.40. The SMILES string of the molecule is CC(C)CCCON=O. The Balaban J connectivity index is 2.82. The average Bonchev–Trinajstić information content (AvgIpc) is 1.80. The van der Waals surface area contributed by atoms with Crippen molar-refractivity contribution in [3.8, 4) is 0 Å². The molecule has 0 spiro atoms. The lowest BCUT2D eigenvalue weighted by atomic mass is 10.1. The summed E-state index contributed by atoms with van der Waals surface area (Å²) in [5, 5.41) is 2.28. The molecule has 0 fully saturated rings. The van der Waals surface area contributed by atoms with Crippen molar-refractivity contribution in [2.75, 3.05) is 6.61 Å². The van der Waals surface area contributed by atoms with Crippen molar-refractivity contribution >= 4 is 0 Å². The van der Waals surface area contributed by atoms with E-state index in [1.807, 2.05) is 0 Å². The zero-order valence-corrected chi connectivity index (χ0v) is 5.96. The highest BCUT2D eigenvalue weighted by atomic mass is 16.7. The van der Waals surface area contributed by atoms with Gasteiger partial charge in [-0.1, -0.05) is 13.8 Å². The summed E-state index contributed by atoms with van der Waals surface area (Å²) >= 11 is 0. The highest BCUT2D eigenvalue weighted by Gasteiger charge is 1.92. The summed E-state index contributed by atoms with van der Waals surface area (Å²) in [7, 11) is 0. The molecule has 54 valence electrons. The molecule has 0 aliphatic rings. The van der Waals surface area contributed by atoms with Gasteiger partial charge in [0.25, 0.3) is 0 Å². The Morgan fingerprint density at radius 3 is 2.67 bits per heavy atom. The number of nitrogens with zero attached hydrogens (tertiary/aromatic N) is 1. The summed E-state index contributed by atoms with van der Waals surface area (Å²) in [4.78, 5) is 13.6. The summed E-state index contributed by atoms with van der Waals surface area (Å²) in [5.41, 5.74) is 0. The fourth-order valence-corrected chi connectivity index (χ4v) is 0.593. The standard InChI is InChI=1S/C6H13NO2/c1-6(2)4-3-5-9-7-8/h6H,3-5H2,1-2H3. The summed E-state index contributed by atoms with van der Waals surface area (Å²) in [6.07, 6.45) is 2.01. The third-order valence-corrected chi connectivity index (χ3v) is 1.07. The van der Waals surface area contributed by atoms with Crippen LogP contribution in [0.25, 0.3) is 0 Å². The van der Waals surface area contributed by atoms with E-state index in [1.54, 1.807) is 0 Å². The highest BCUT2D eigenvalue weighted by molar-refractivity contribution is 4.43. The maximum Gasteiger partial charge on any atom is 0.155 e. The van der Waals surface area contributed by atoms with Crippen LogP contribution in [-0.4, -0.2) is 6.61 Å². The van der Waals surface area contributed by atoms with Gasteiger partial charge >= 0.3 is 0 Å². The molecule has 0 aromatic rings. The van der Waals surface area contributed by atoms with Gasteiger partial charge in [0.15, 0.2) is 5.34 Å². The number of hydrogen-bond acceptors (Lipinski definition) is 3. The Bertz CT molecular complexity index is 73.5. The van der Waals surface area contributed by atoms with Crippen molar-refractivity contribution in [3.63, 3.8) is 0 Å². The third-order valence-electron chi connectivity index (χ3n) is 1.07. The molecule has 0 aromatic heterocycles. The van der Waals surface area contributed by atoms with Gasteiger partial charge in [-0.25, -0.2) is 0 Å². The Morgan fingerprint density at radius 2 is 2.22 bits per heavy atom. The van der Waals surface area contributed by atoms with E-state index in [9.17, 15) is 4.91 Å². The molecule has 0 saturated carbocycles. The van der Waals surface area contributed by atoms with Crippen LogP contribution in [0.1, 0.15) is 26.7 Å². The van der Waals surface area contributed by atoms with E-state index in [1.165, 1.54) is 0 Å². The van der Waals surface area contributed by atoms with Gasteiger partial charge in [-0.3, -0.25) is 0 Å². The van der Waals surface area contributed by atoms with E-state index in [0.29, 0.717) is 12.5 Å². The summed E-state index contributed by atoms with van der Waals surface area (Å²) in [6, 6.07) is 0. The maximum absolute atomic E-state index is 9.38. The minimum atomic E-state index is 0.460. The van der Waals surface area contributed by atoms with Crippen molar-refractivity contribution in [3.05, 3.63) is 4.91 Å². The quantitative estimate of drug-likeness (QED) is 0.325. The first kappa shape index (κ1) is 8.40. The zero-order valence-electron chi connectivity index (χ0n) is 5.96. The lowest BCUT2D eigenvalue weighted by Crippen LogP contribution is -1.91. The van der Waals surface area contributed by atoms with Gasteiger partial charge < -0.3 is 4.84 Å². The molecule has 0 radical (unpaired) electrons. The molecule has 9 heavy (non-hydrogen) atoms. The van der Waals surface area contributed by atoms with Gasteiger partial charge in [-0.2, -0.15) is 0 Å². The minimum absolute atomic E-state index is 0.460. The van der Waals surface area contributed by atoms with Gasteiger partial charge in [0, 0.05) is 0 Å². The molecule has 0 N–H and O–H groups in total. The molecule has 0 amide bonds. The van der Waals surface area contributed by atoms with Crippen LogP contribution in [0.4, 0.5) is 0 Å². The summed E-state index contributed by atoms with van der Waals surface area (Å²) < 4.78 is 0. The van der Waals surface area contributed by atoms with Crippen LogP contribution in [0.3, 0.4) is 0 Å². The van der Waals surface area contributed by atoms with Crippen LogP contribution in [-0.2, 0) is 4.84 Å². The normalized spacial score (nSPS) is 9.67. The van der Waals surface area contributed by atoms with Gasteiger partial charge in [0.05, 0.1) is 0 Å². The van der Waals surface area contributed by atoms with E-state index in [2.05, 4.69) is 24.0 Å². The Hall–Kier alpha value is -0.600. The molecule has 0 heterocycles. The fraction of sp³-hybridized carbons (Fsp3) is 1.00. The number of rotatable bonds is 5. The van der Waals surface area contributed by atoms with Gasteiger partial charge in [0.1, 0.15) is 6.61 Å². The van der Waals surface area contributed by atoms with E-state index < -0.39 is 0 Å². The highest BCUT2D eigenvalue weighted by Crippen LogP contribution is 2.02. The molecule has 0 bridgehead atoms. The summed E-state index contributed by atoms with van der Waals surface area (Å²) in [5.74, 6) is 0.681. The van der Waals surface area contributed by atoms with Crippen molar-refractivity contribution in [2.24, 2.45) is 11.3 Å². The van der Waals surface area contributed by atoms with Crippen molar-refractivity contribution in [2.45, 2.75) is 26.7 Å². The van der Waals surface area contributed by atoms with Crippen LogP contribution < -0.4 is 0 Å². The Labute approximate surface area is 55.3 Å². The molecule has 0 saturated heterocycles. The molecule has 0 aliphatic carbocycles. The van der Waals surface area contributed by atoms with Crippen LogP contribution in [0, 0.1) is 10.8 Å². The van der Waals surface area contributed by atoms with Crippen LogP contribution >= 0.6 is 0 Å². The molecule has 0 unspecified atom stereocenters. The Morgan fingerprint density at radius 1 is 1.56 bits per heavy atom. The maximum atomic E-state index is 9.38. The van der Waals surface area contributed by atoms with Gasteiger partial charge in [-0.05, 0) is 18.8 Å². The molecular formula is C6H13NO2. The van der Waals surface area contributed by atoms with Crippen molar-refractivity contribution < 1.29 is 4.84 Å². The van der Waals surface area contributed by atoms with E-state index in [0.717, 1.165) is 12.8 Å². The second-order valence-corrected chi connectivity index (χ2v) is 2.44. The first-order valence-electron chi connectivity index (χ1n) is 3.22. The zero-order chi connectivity index (χ0) is 7.11. The molecular weight excluding hydrogens is 118 g/mol. The predicted octanol–water partition coefficient (Wildman–Crippen LogP) is 2.12. The lowest BCUT2D eigenvalue weighted by molar-refractivity contribution is 0.133.